The van der Waals surface area contributed by atoms with Crippen LogP contribution in [0.1, 0.15) is 12.8 Å². The molecule has 2 aliphatic heterocycles. The third-order valence-electron chi connectivity index (χ3n) is 3.18. The van der Waals surface area contributed by atoms with Gasteiger partial charge in [0.25, 0.3) is 0 Å². The predicted octanol–water partition coefficient (Wildman–Crippen LogP) is -0.493. The first-order chi connectivity index (χ1) is 5.64. The zero-order valence-corrected chi connectivity index (χ0v) is 7.21. The number of carboxylic acids is 1. The first kappa shape index (κ1) is 8.01. The molecular weight excluding hydrogens is 156 g/mol. The van der Waals surface area contributed by atoms with E-state index < -0.39 is 11.5 Å². The second-order valence-corrected chi connectivity index (χ2v) is 3.86. The lowest BCUT2D eigenvalue weighted by Gasteiger charge is -2.33. The molecule has 0 aromatic heterocycles. The van der Waals surface area contributed by atoms with Crippen LogP contribution in [0.15, 0.2) is 0 Å². The second-order valence-electron chi connectivity index (χ2n) is 3.86. The van der Waals surface area contributed by atoms with Crippen molar-refractivity contribution in [3.05, 3.63) is 0 Å². The first-order valence-electron chi connectivity index (χ1n) is 4.33. The Morgan fingerprint density at radius 3 is 3.17 bits per heavy atom. The Hall–Kier alpha value is -0.610. The summed E-state index contributed by atoms with van der Waals surface area (Å²) in [5.74, 6) is -0.682. The number of rotatable bonds is 1. The largest absolute Gasteiger partial charge is 0.480 e. The quantitative estimate of drug-likeness (QED) is 0.557. The molecule has 0 spiro atoms. The van der Waals surface area contributed by atoms with E-state index >= 15 is 0 Å². The Morgan fingerprint density at radius 1 is 1.75 bits per heavy atom. The average molecular weight is 170 g/mol. The van der Waals surface area contributed by atoms with Crippen LogP contribution in [0.2, 0.25) is 0 Å². The summed E-state index contributed by atoms with van der Waals surface area (Å²) in [6.45, 7) is 1.72. The third-order valence-corrected chi connectivity index (χ3v) is 3.18. The summed E-state index contributed by atoms with van der Waals surface area (Å²) in [5.41, 5.74) is -0.600. The molecule has 0 amide bonds. The average Bonchev–Trinajstić information content (AvgIpc) is 2.40. The molecular formula is C8H14N2O2. The van der Waals surface area contributed by atoms with E-state index in [4.69, 9.17) is 5.11 Å². The molecule has 2 unspecified atom stereocenters. The van der Waals surface area contributed by atoms with E-state index in [2.05, 4.69) is 17.3 Å². The molecule has 0 aromatic carbocycles. The van der Waals surface area contributed by atoms with Gasteiger partial charge in [0, 0.05) is 19.1 Å². The van der Waals surface area contributed by atoms with Crippen LogP contribution in [0.3, 0.4) is 0 Å². The van der Waals surface area contributed by atoms with Gasteiger partial charge in [0.05, 0.1) is 0 Å². The van der Waals surface area contributed by atoms with Crippen LogP contribution in [-0.4, -0.2) is 47.7 Å². The van der Waals surface area contributed by atoms with Crippen molar-refractivity contribution in [2.24, 2.45) is 0 Å². The zero-order chi connectivity index (χ0) is 8.77. The number of likely N-dealkylation sites (tertiary alicyclic amines) is 1. The van der Waals surface area contributed by atoms with Crippen LogP contribution in [0.25, 0.3) is 0 Å². The SMILES string of the molecule is CN1CCC2(C(=O)O)CC1CN2. The molecule has 2 heterocycles. The minimum absolute atomic E-state index is 0.426. The van der Waals surface area contributed by atoms with Crippen molar-refractivity contribution < 1.29 is 9.90 Å². The molecule has 2 fully saturated rings. The maximum atomic E-state index is 11.0. The third kappa shape index (κ3) is 0.949. The molecule has 0 aromatic rings. The Labute approximate surface area is 71.5 Å². The van der Waals surface area contributed by atoms with Crippen molar-refractivity contribution in [3.63, 3.8) is 0 Å². The Balaban J connectivity index is 2.18. The minimum atomic E-state index is -0.682. The highest BCUT2D eigenvalue weighted by atomic mass is 16.4. The highest BCUT2D eigenvalue weighted by Crippen LogP contribution is 2.31. The Kier molecular flexibility index (Phi) is 1.63. The fourth-order valence-electron chi connectivity index (χ4n) is 2.18. The van der Waals surface area contributed by atoms with Gasteiger partial charge in [0.1, 0.15) is 5.54 Å². The maximum absolute atomic E-state index is 11.0. The van der Waals surface area contributed by atoms with Crippen LogP contribution >= 0.6 is 0 Å². The molecule has 2 saturated heterocycles. The standard InChI is InChI=1S/C8H14N2O2/c1-10-3-2-8(7(11)12)4-6(10)5-9-8/h6,9H,2-5H2,1H3,(H,11,12). The summed E-state index contributed by atoms with van der Waals surface area (Å²) in [7, 11) is 2.06. The van der Waals surface area contributed by atoms with Gasteiger partial charge in [-0.05, 0) is 19.9 Å². The number of aliphatic carboxylic acids is 1. The van der Waals surface area contributed by atoms with Crippen molar-refractivity contribution in [1.82, 2.24) is 10.2 Å². The molecule has 12 heavy (non-hydrogen) atoms. The normalized spacial score (nSPS) is 41.6. The van der Waals surface area contributed by atoms with Crippen LogP contribution < -0.4 is 5.32 Å². The van der Waals surface area contributed by atoms with Crippen LogP contribution in [-0.2, 0) is 4.79 Å². The van der Waals surface area contributed by atoms with Gasteiger partial charge in [0.15, 0.2) is 0 Å². The summed E-state index contributed by atoms with van der Waals surface area (Å²) in [6.07, 6.45) is 1.49. The van der Waals surface area contributed by atoms with Crippen LogP contribution in [0.5, 0.6) is 0 Å². The van der Waals surface area contributed by atoms with E-state index in [0.29, 0.717) is 6.04 Å². The fraction of sp³-hybridized carbons (Fsp3) is 0.875. The number of carbonyl (C=O) groups is 1. The highest BCUT2D eigenvalue weighted by Gasteiger charge is 2.49. The molecule has 0 saturated carbocycles. The smallest absolute Gasteiger partial charge is 0.324 e. The lowest BCUT2D eigenvalue weighted by atomic mass is 9.88. The van der Waals surface area contributed by atoms with E-state index in [1.54, 1.807) is 0 Å². The molecule has 4 heteroatoms. The minimum Gasteiger partial charge on any atom is -0.480 e. The zero-order valence-electron chi connectivity index (χ0n) is 7.21. The van der Waals surface area contributed by atoms with Crippen molar-refractivity contribution in [2.75, 3.05) is 20.1 Å². The summed E-state index contributed by atoms with van der Waals surface area (Å²) in [6, 6.07) is 0.426. The number of nitrogens with one attached hydrogen (secondary N) is 1. The van der Waals surface area contributed by atoms with Crippen LogP contribution in [0.4, 0.5) is 0 Å². The van der Waals surface area contributed by atoms with Crippen molar-refractivity contribution >= 4 is 5.97 Å². The molecule has 2 N–H and O–H groups in total. The highest BCUT2D eigenvalue weighted by molar-refractivity contribution is 5.79. The van der Waals surface area contributed by atoms with E-state index in [0.717, 1.165) is 25.9 Å². The van der Waals surface area contributed by atoms with E-state index in [-0.39, 0.29) is 0 Å². The Bertz CT molecular complexity index is 219. The first-order valence-corrected chi connectivity index (χ1v) is 4.33. The van der Waals surface area contributed by atoms with Crippen molar-refractivity contribution in [3.8, 4) is 0 Å². The summed E-state index contributed by atoms with van der Waals surface area (Å²) in [5, 5.41) is 12.1. The van der Waals surface area contributed by atoms with Gasteiger partial charge < -0.3 is 15.3 Å². The van der Waals surface area contributed by atoms with Gasteiger partial charge in [0.2, 0.25) is 0 Å². The van der Waals surface area contributed by atoms with Crippen molar-refractivity contribution in [1.29, 1.82) is 0 Å². The number of hydrogen-bond donors (Lipinski definition) is 2. The topological polar surface area (TPSA) is 52.6 Å². The summed E-state index contributed by atoms with van der Waals surface area (Å²) in [4.78, 5) is 13.2. The van der Waals surface area contributed by atoms with Gasteiger partial charge in [-0.2, -0.15) is 0 Å². The van der Waals surface area contributed by atoms with Gasteiger partial charge in [-0.25, -0.2) is 0 Å². The number of hydrogen-bond acceptors (Lipinski definition) is 3. The number of nitrogens with zero attached hydrogens (tertiary/aromatic N) is 1. The summed E-state index contributed by atoms with van der Waals surface area (Å²) >= 11 is 0. The van der Waals surface area contributed by atoms with Crippen molar-refractivity contribution in [2.45, 2.75) is 24.4 Å². The number of fused-ring (bicyclic) bond motifs is 2. The van der Waals surface area contributed by atoms with E-state index in [1.807, 2.05) is 0 Å². The van der Waals surface area contributed by atoms with E-state index in [1.165, 1.54) is 0 Å². The van der Waals surface area contributed by atoms with Gasteiger partial charge >= 0.3 is 5.97 Å². The van der Waals surface area contributed by atoms with E-state index in [9.17, 15) is 4.79 Å². The molecule has 2 aliphatic rings. The number of piperidine rings is 1. The molecule has 0 radical (unpaired) electrons. The molecule has 4 nitrogen and oxygen atoms in total. The lowest BCUT2D eigenvalue weighted by molar-refractivity contribution is -0.145. The second kappa shape index (κ2) is 2.44. The maximum Gasteiger partial charge on any atom is 0.324 e. The number of likely N-dealkylation sites (N-methyl/N-ethyl adjacent to an activating group) is 1. The molecule has 2 bridgehead atoms. The number of carboxylic acid groups (broad SMARTS) is 1. The monoisotopic (exact) mass is 170 g/mol. The molecule has 2 atom stereocenters. The molecule has 0 aliphatic carbocycles. The summed E-state index contributed by atoms with van der Waals surface area (Å²) < 4.78 is 0. The van der Waals surface area contributed by atoms with Gasteiger partial charge in [-0.15, -0.1) is 0 Å². The molecule has 2 rings (SSSR count). The van der Waals surface area contributed by atoms with Gasteiger partial charge in [-0.3, -0.25) is 4.79 Å². The van der Waals surface area contributed by atoms with Gasteiger partial charge in [-0.1, -0.05) is 0 Å². The molecule has 68 valence electrons. The predicted molar refractivity (Wildman–Crippen MR) is 44.0 cm³/mol. The van der Waals surface area contributed by atoms with Crippen LogP contribution in [0, 0.1) is 0 Å². The fourth-order valence-corrected chi connectivity index (χ4v) is 2.18. The lowest BCUT2D eigenvalue weighted by Crippen LogP contribution is -2.51. The Morgan fingerprint density at radius 2 is 2.50 bits per heavy atom.